The first kappa shape index (κ1) is 14.0. The van der Waals surface area contributed by atoms with Gasteiger partial charge in [0.2, 0.25) is 5.89 Å². The first-order valence-electron chi connectivity index (χ1n) is 8.53. The molecular weight excluding hydrogens is 304 g/mol. The van der Waals surface area contributed by atoms with E-state index in [-0.39, 0.29) is 0 Å². The molecule has 2 aliphatic heterocycles. The second kappa shape index (κ2) is 5.31. The van der Waals surface area contributed by atoms with Crippen molar-refractivity contribution in [1.29, 1.82) is 0 Å². The van der Waals surface area contributed by atoms with E-state index >= 15 is 0 Å². The summed E-state index contributed by atoms with van der Waals surface area (Å²) < 4.78 is 7.56. The topological polar surface area (TPSA) is 71.5 Å². The third kappa shape index (κ3) is 2.11. The number of oxazole rings is 1. The van der Waals surface area contributed by atoms with Crippen LogP contribution >= 0.6 is 0 Å². The Kier molecular flexibility index (Phi) is 3.09. The molecule has 0 spiro atoms. The largest absolute Gasteiger partial charge is 0.448 e. The van der Waals surface area contributed by atoms with E-state index in [1.807, 2.05) is 23.7 Å². The molecule has 7 heteroatoms. The van der Waals surface area contributed by atoms with E-state index in [1.165, 1.54) is 17.1 Å². The van der Waals surface area contributed by atoms with Crippen LogP contribution in [0.2, 0.25) is 0 Å². The summed E-state index contributed by atoms with van der Waals surface area (Å²) in [6.45, 7) is 5.77. The van der Waals surface area contributed by atoms with Crippen molar-refractivity contribution < 1.29 is 4.42 Å². The fourth-order valence-electron chi connectivity index (χ4n) is 3.71. The second-order valence-corrected chi connectivity index (χ2v) is 6.64. The minimum absolute atomic E-state index is 0.358. The number of hydrogen-bond donors (Lipinski definition) is 1. The zero-order valence-electron chi connectivity index (χ0n) is 13.7. The van der Waals surface area contributed by atoms with Crippen molar-refractivity contribution in [3.63, 3.8) is 0 Å². The van der Waals surface area contributed by atoms with Gasteiger partial charge >= 0.3 is 0 Å². The summed E-state index contributed by atoms with van der Waals surface area (Å²) in [6, 6.07) is 1.98. The van der Waals surface area contributed by atoms with Gasteiger partial charge in [0.15, 0.2) is 5.65 Å². The normalized spacial score (nSPS) is 18.5. The Morgan fingerprint density at radius 1 is 1.21 bits per heavy atom. The van der Waals surface area contributed by atoms with Crippen LogP contribution in [0.15, 0.2) is 22.9 Å². The van der Waals surface area contributed by atoms with Gasteiger partial charge in [0, 0.05) is 37.7 Å². The maximum Gasteiger partial charge on any atom is 0.200 e. The molecule has 1 fully saturated rings. The minimum Gasteiger partial charge on any atom is -0.448 e. The predicted octanol–water partition coefficient (Wildman–Crippen LogP) is 1.32. The van der Waals surface area contributed by atoms with Crippen LogP contribution in [0.4, 0.5) is 5.82 Å². The van der Waals surface area contributed by atoms with Crippen molar-refractivity contribution >= 4 is 11.5 Å². The average Bonchev–Trinajstić information content (AvgIpc) is 3.09. The fraction of sp³-hybridized carbons (Fsp3) is 0.471. The zero-order chi connectivity index (χ0) is 16.1. The number of aryl methyl sites for hydroxylation is 1. The Labute approximate surface area is 139 Å². The third-order valence-corrected chi connectivity index (χ3v) is 4.95. The number of nitrogens with one attached hydrogen (secondary N) is 1. The fourth-order valence-corrected chi connectivity index (χ4v) is 3.71. The van der Waals surface area contributed by atoms with Gasteiger partial charge in [-0.15, -0.1) is 0 Å². The molecule has 2 aliphatic rings. The average molecular weight is 324 g/mol. The molecule has 0 saturated carbocycles. The van der Waals surface area contributed by atoms with E-state index in [0.29, 0.717) is 5.92 Å². The first-order valence-corrected chi connectivity index (χ1v) is 8.53. The zero-order valence-corrected chi connectivity index (χ0v) is 13.7. The van der Waals surface area contributed by atoms with Crippen LogP contribution in [0.25, 0.3) is 5.65 Å². The van der Waals surface area contributed by atoms with Crippen LogP contribution in [0, 0.1) is 6.92 Å². The number of rotatable bonds is 2. The lowest BCUT2D eigenvalue weighted by Crippen LogP contribution is -2.47. The van der Waals surface area contributed by atoms with Gasteiger partial charge in [-0.3, -0.25) is 0 Å². The van der Waals surface area contributed by atoms with E-state index in [9.17, 15) is 0 Å². The smallest absolute Gasteiger partial charge is 0.200 e. The lowest BCUT2D eigenvalue weighted by Gasteiger charge is -2.40. The third-order valence-electron chi connectivity index (χ3n) is 4.95. The van der Waals surface area contributed by atoms with Gasteiger partial charge in [0.1, 0.15) is 12.1 Å². The second-order valence-electron chi connectivity index (χ2n) is 6.64. The highest BCUT2D eigenvalue weighted by Gasteiger charge is 2.35. The van der Waals surface area contributed by atoms with Crippen molar-refractivity contribution in [2.75, 3.05) is 31.1 Å². The summed E-state index contributed by atoms with van der Waals surface area (Å²) in [6.07, 6.45) is 5.53. The highest BCUT2D eigenvalue weighted by molar-refractivity contribution is 5.59. The highest BCUT2D eigenvalue weighted by atomic mass is 16.3. The molecule has 1 N–H and O–H groups in total. The number of nitrogens with zero attached hydrogens (tertiary/aromatic N) is 5. The Bertz CT molecular complexity index is 892. The van der Waals surface area contributed by atoms with Crippen LogP contribution in [0.1, 0.15) is 28.8 Å². The van der Waals surface area contributed by atoms with Crippen molar-refractivity contribution in [3.05, 3.63) is 41.4 Å². The van der Waals surface area contributed by atoms with Crippen molar-refractivity contribution in [2.24, 2.45) is 0 Å². The summed E-state index contributed by atoms with van der Waals surface area (Å²) in [5.41, 5.74) is 4.42. The molecule has 0 bridgehead atoms. The number of anilines is 1. The molecule has 7 nitrogen and oxygen atoms in total. The maximum atomic E-state index is 5.57. The van der Waals surface area contributed by atoms with Crippen molar-refractivity contribution in [1.82, 2.24) is 24.9 Å². The van der Waals surface area contributed by atoms with Crippen LogP contribution in [-0.4, -0.2) is 45.8 Å². The van der Waals surface area contributed by atoms with Gasteiger partial charge in [0.25, 0.3) is 0 Å². The van der Waals surface area contributed by atoms with Crippen LogP contribution in [0.3, 0.4) is 0 Å². The van der Waals surface area contributed by atoms with Gasteiger partial charge in [-0.25, -0.2) is 9.97 Å². The Balaban J connectivity index is 1.52. The molecule has 0 aromatic carbocycles. The lowest BCUT2D eigenvalue weighted by atomic mass is 9.98. The Hall–Kier alpha value is -2.41. The predicted molar refractivity (Wildman–Crippen MR) is 89.5 cm³/mol. The molecule has 124 valence electrons. The van der Waals surface area contributed by atoms with Crippen LogP contribution in [0.5, 0.6) is 0 Å². The molecule has 5 heterocycles. The summed E-state index contributed by atoms with van der Waals surface area (Å²) in [7, 11) is 0. The SMILES string of the molecule is Cc1coc(C2CN(c3c4c(nc5ccnn35)CCNCC4)C2)n1. The molecule has 0 unspecified atom stereocenters. The standard InChI is InChI=1S/C17H20N6O/c1-11-10-24-16(20-11)12-8-22(9-12)17-13-2-5-18-6-3-14(13)21-15-4-7-19-23(15)17/h4,7,10,12,18H,2-3,5-6,8-9H2,1H3. The van der Waals surface area contributed by atoms with Gasteiger partial charge in [0.05, 0.1) is 23.5 Å². The summed E-state index contributed by atoms with van der Waals surface area (Å²) in [4.78, 5) is 11.7. The lowest BCUT2D eigenvalue weighted by molar-refractivity contribution is 0.391. The van der Waals surface area contributed by atoms with Gasteiger partial charge in [-0.05, 0) is 19.9 Å². The van der Waals surface area contributed by atoms with Crippen LogP contribution in [-0.2, 0) is 12.8 Å². The molecular formula is C17H20N6O. The van der Waals surface area contributed by atoms with E-state index in [2.05, 4.69) is 20.3 Å². The molecule has 5 rings (SSSR count). The van der Waals surface area contributed by atoms with E-state index < -0.39 is 0 Å². The summed E-state index contributed by atoms with van der Waals surface area (Å²) >= 11 is 0. The summed E-state index contributed by atoms with van der Waals surface area (Å²) in [5.74, 6) is 2.41. The van der Waals surface area contributed by atoms with Crippen LogP contribution < -0.4 is 10.2 Å². The summed E-state index contributed by atoms with van der Waals surface area (Å²) in [5, 5.41) is 7.98. The van der Waals surface area contributed by atoms with Crippen molar-refractivity contribution in [2.45, 2.75) is 25.7 Å². The molecule has 3 aromatic rings. The minimum atomic E-state index is 0.358. The molecule has 0 radical (unpaired) electrons. The molecule has 24 heavy (non-hydrogen) atoms. The Morgan fingerprint density at radius 3 is 2.92 bits per heavy atom. The van der Waals surface area contributed by atoms with Crippen molar-refractivity contribution in [3.8, 4) is 0 Å². The number of hydrogen-bond acceptors (Lipinski definition) is 6. The quantitative estimate of drug-likeness (QED) is 0.766. The van der Waals surface area contributed by atoms with E-state index in [1.54, 1.807) is 6.26 Å². The molecule has 3 aromatic heterocycles. The molecule has 0 amide bonds. The first-order chi connectivity index (χ1) is 11.8. The Morgan fingerprint density at radius 2 is 2.08 bits per heavy atom. The molecule has 0 atom stereocenters. The van der Waals surface area contributed by atoms with E-state index in [4.69, 9.17) is 9.40 Å². The van der Waals surface area contributed by atoms with Gasteiger partial charge in [-0.1, -0.05) is 0 Å². The van der Waals surface area contributed by atoms with Gasteiger partial charge < -0.3 is 14.6 Å². The highest BCUT2D eigenvalue weighted by Crippen LogP contribution is 2.35. The molecule has 1 saturated heterocycles. The monoisotopic (exact) mass is 324 g/mol. The van der Waals surface area contributed by atoms with E-state index in [0.717, 1.165) is 56.3 Å². The maximum absolute atomic E-state index is 5.57. The number of aromatic nitrogens is 4. The number of fused-ring (bicyclic) bond motifs is 2. The van der Waals surface area contributed by atoms with Gasteiger partial charge in [-0.2, -0.15) is 9.61 Å². The molecule has 0 aliphatic carbocycles.